The minimum absolute atomic E-state index is 0.0288. The third-order valence-electron chi connectivity index (χ3n) is 9.52. The lowest BCUT2D eigenvalue weighted by atomic mass is 9.87. The van der Waals surface area contributed by atoms with Gasteiger partial charge < -0.3 is 9.64 Å². The Morgan fingerprint density at radius 1 is 0.609 bits per heavy atom. The van der Waals surface area contributed by atoms with Crippen molar-refractivity contribution in [2.24, 2.45) is 17.8 Å². The summed E-state index contributed by atoms with van der Waals surface area (Å²) in [6, 6.07) is 0. The van der Waals surface area contributed by atoms with Gasteiger partial charge in [-0.05, 0) is 135 Å². The summed E-state index contributed by atoms with van der Waals surface area (Å²) < 4.78 is 6.43. The van der Waals surface area contributed by atoms with Crippen LogP contribution in [0.3, 0.4) is 0 Å². The summed E-state index contributed by atoms with van der Waals surface area (Å²) in [6.07, 6.45) is 42.3. The molecule has 3 atom stereocenters. The molecule has 0 radical (unpaired) electrons. The molecular weight excluding hydrogens is 562 g/mol. The highest BCUT2D eigenvalue weighted by Gasteiger charge is 2.25. The molecule has 0 bridgehead atoms. The molecule has 3 unspecified atom stereocenters. The van der Waals surface area contributed by atoms with E-state index in [9.17, 15) is 4.79 Å². The molecule has 0 aromatic rings. The lowest BCUT2D eigenvalue weighted by Crippen LogP contribution is -2.28. The molecule has 0 aliphatic rings. The zero-order valence-corrected chi connectivity index (χ0v) is 32.2. The van der Waals surface area contributed by atoms with Gasteiger partial charge in [0.15, 0.2) is 0 Å². The molecule has 46 heavy (non-hydrogen) atoms. The van der Waals surface area contributed by atoms with Crippen molar-refractivity contribution in [3.8, 4) is 0 Å². The van der Waals surface area contributed by atoms with E-state index in [4.69, 9.17) is 4.74 Å². The van der Waals surface area contributed by atoms with E-state index < -0.39 is 0 Å². The van der Waals surface area contributed by atoms with Gasteiger partial charge in [-0.2, -0.15) is 0 Å². The van der Waals surface area contributed by atoms with E-state index in [0.717, 1.165) is 51.5 Å². The number of carbonyl (C=O) groups excluding carboxylic acids is 1. The van der Waals surface area contributed by atoms with Gasteiger partial charge in [0.1, 0.15) is 6.10 Å². The summed E-state index contributed by atoms with van der Waals surface area (Å²) >= 11 is 0. The van der Waals surface area contributed by atoms with Gasteiger partial charge in [-0.25, -0.2) is 0 Å². The average molecular weight is 644 g/mol. The van der Waals surface area contributed by atoms with Crippen molar-refractivity contribution in [3.63, 3.8) is 0 Å². The fourth-order valence-electron chi connectivity index (χ4n) is 6.57. The average Bonchev–Trinajstić information content (AvgIpc) is 3.03. The maximum atomic E-state index is 13.3. The molecule has 0 saturated heterocycles. The molecule has 0 aliphatic heterocycles. The van der Waals surface area contributed by atoms with Gasteiger partial charge in [-0.3, -0.25) is 4.79 Å². The van der Waals surface area contributed by atoms with Gasteiger partial charge in [0.25, 0.3) is 0 Å². The molecule has 3 nitrogen and oxygen atoms in total. The van der Waals surface area contributed by atoms with Crippen LogP contribution >= 0.6 is 0 Å². The number of nitrogens with zero attached hydrogens (tertiary/aromatic N) is 1. The second-order valence-corrected chi connectivity index (χ2v) is 14.5. The van der Waals surface area contributed by atoms with Crippen LogP contribution in [0.4, 0.5) is 0 Å². The summed E-state index contributed by atoms with van der Waals surface area (Å²) in [4.78, 5) is 15.6. The van der Waals surface area contributed by atoms with Gasteiger partial charge in [0, 0.05) is 13.0 Å². The summed E-state index contributed by atoms with van der Waals surface area (Å²) in [5, 5.41) is 0. The molecule has 0 aromatic carbocycles. The summed E-state index contributed by atoms with van der Waals surface area (Å²) in [5.41, 5.74) is 0. The van der Waals surface area contributed by atoms with Gasteiger partial charge in [-0.15, -0.1) is 0 Å². The lowest BCUT2D eigenvalue weighted by Gasteiger charge is -2.28. The molecule has 0 aliphatic carbocycles. The Balaban J connectivity index is 5.36. The molecule has 0 saturated carbocycles. The first-order valence-electron chi connectivity index (χ1n) is 20.2. The first kappa shape index (κ1) is 44.6. The molecule has 3 heteroatoms. The highest BCUT2D eigenvalue weighted by Crippen LogP contribution is 2.28. The first-order chi connectivity index (χ1) is 22.4. The summed E-state index contributed by atoms with van der Waals surface area (Å²) in [5.74, 6) is 1.72. The normalized spacial score (nSPS) is 15.0. The van der Waals surface area contributed by atoms with E-state index >= 15 is 0 Å². The predicted molar refractivity (Wildman–Crippen MR) is 206 cm³/mol. The van der Waals surface area contributed by atoms with Gasteiger partial charge in [0.2, 0.25) is 0 Å². The Morgan fingerprint density at radius 2 is 1.07 bits per heavy atom. The maximum absolute atomic E-state index is 13.3. The van der Waals surface area contributed by atoms with Crippen molar-refractivity contribution in [1.82, 2.24) is 4.90 Å². The van der Waals surface area contributed by atoms with Crippen LogP contribution in [0.15, 0.2) is 36.5 Å². The van der Waals surface area contributed by atoms with Gasteiger partial charge in [-0.1, -0.05) is 116 Å². The van der Waals surface area contributed by atoms with E-state index in [1.54, 1.807) is 0 Å². The standard InChI is InChI=1S/C43H81NO2/c1-8-12-15-18-21-24-26-29-32-41(33-30-27-25-22-19-16-13-9-2)42(34-31-28-23-20-17-14-10-3)46-43(45)36-35-39(5)37-40(11-4)38-44(6)7/h21-25,28,39-42H,8-20,26-27,29-38H2,1-7H3. The fraction of sp³-hybridized carbons (Fsp3) is 0.837. The molecule has 0 amide bonds. The topological polar surface area (TPSA) is 29.5 Å². The van der Waals surface area contributed by atoms with Crippen molar-refractivity contribution < 1.29 is 9.53 Å². The van der Waals surface area contributed by atoms with Crippen LogP contribution in [0.2, 0.25) is 0 Å². The number of ether oxygens (including phenoxy) is 1. The van der Waals surface area contributed by atoms with Gasteiger partial charge in [0.05, 0.1) is 0 Å². The van der Waals surface area contributed by atoms with Crippen LogP contribution < -0.4 is 0 Å². The predicted octanol–water partition coefficient (Wildman–Crippen LogP) is 13.4. The van der Waals surface area contributed by atoms with Crippen molar-refractivity contribution >= 4 is 5.97 Å². The largest absolute Gasteiger partial charge is 0.462 e. The Morgan fingerprint density at radius 3 is 1.50 bits per heavy atom. The van der Waals surface area contributed by atoms with Crippen molar-refractivity contribution in [2.75, 3.05) is 20.6 Å². The number of hydrogen-bond donors (Lipinski definition) is 0. The van der Waals surface area contributed by atoms with Crippen LogP contribution in [0, 0.1) is 17.8 Å². The fourth-order valence-corrected chi connectivity index (χ4v) is 6.57. The molecular formula is C43H81NO2. The third-order valence-corrected chi connectivity index (χ3v) is 9.52. The summed E-state index contributed by atoms with van der Waals surface area (Å²) in [7, 11) is 4.32. The minimum Gasteiger partial charge on any atom is -0.462 e. The molecule has 0 heterocycles. The lowest BCUT2D eigenvalue weighted by molar-refractivity contribution is -0.153. The Bertz CT molecular complexity index is 713. The number of rotatable bonds is 33. The molecule has 0 fully saturated rings. The van der Waals surface area contributed by atoms with Crippen LogP contribution in [-0.4, -0.2) is 37.6 Å². The molecule has 0 spiro atoms. The highest BCUT2D eigenvalue weighted by molar-refractivity contribution is 5.69. The maximum Gasteiger partial charge on any atom is 0.306 e. The first-order valence-corrected chi connectivity index (χ1v) is 20.2. The molecule has 0 N–H and O–H groups in total. The van der Waals surface area contributed by atoms with Crippen molar-refractivity contribution in [1.29, 1.82) is 0 Å². The quantitative estimate of drug-likeness (QED) is 0.0405. The Kier molecular flexibility index (Phi) is 32.6. The van der Waals surface area contributed by atoms with Crippen LogP contribution in [-0.2, 0) is 9.53 Å². The van der Waals surface area contributed by atoms with Crippen molar-refractivity contribution in [2.45, 2.75) is 195 Å². The molecule has 270 valence electrons. The zero-order valence-electron chi connectivity index (χ0n) is 32.2. The third kappa shape index (κ3) is 28.8. The minimum atomic E-state index is 0.0288. The monoisotopic (exact) mass is 644 g/mol. The van der Waals surface area contributed by atoms with E-state index in [2.05, 4.69) is 90.1 Å². The van der Waals surface area contributed by atoms with Crippen LogP contribution in [0.1, 0.15) is 189 Å². The van der Waals surface area contributed by atoms with E-state index in [-0.39, 0.29) is 12.1 Å². The second kappa shape index (κ2) is 33.5. The number of unbranched alkanes of at least 4 members (excludes halogenated alkanes) is 11. The zero-order chi connectivity index (χ0) is 34.1. The highest BCUT2D eigenvalue weighted by atomic mass is 16.5. The number of hydrogen-bond acceptors (Lipinski definition) is 3. The smallest absolute Gasteiger partial charge is 0.306 e. The van der Waals surface area contributed by atoms with E-state index in [1.807, 2.05) is 0 Å². The molecule has 0 rings (SSSR count). The van der Waals surface area contributed by atoms with Crippen LogP contribution in [0.5, 0.6) is 0 Å². The number of esters is 1. The van der Waals surface area contributed by atoms with Crippen molar-refractivity contribution in [3.05, 3.63) is 36.5 Å². The van der Waals surface area contributed by atoms with E-state index in [1.165, 1.54) is 103 Å². The Hall–Kier alpha value is -1.35. The SMILES string of the molecule is CCCCCC=CCCCC(CCCC=CCCCCC)C(CCC=CCCCCC)OC(=O)CCC(C)CC(CC)CN(C)C. The number of allylic oxidation sites excluding steroid dienone is 6. The second-order valence-electron chi connectivity index (χ2n) is 14.5. The number of carbonyl (C=O) groups is 1. The van der Waals surface area contributed by atoms with Crippen LogP contribution in [0.25, 0.3) is 0 Å². The van der Waals surface area contributed by atoms with Gasteiger partial charge >= 0.3 is 5.97 Å². The molecule has 0 aromatic heterocycles. The van der Waals surface area contributed by atoms with E-state index in [0.29, 0.717) is 24.2 Å². The Labute approximate surface area is 289 Å². The summed E-state index contributed by atoms with van der Waals surface area (Å²) in [6.45, 7) is 12.5.